The first-order valence-corrected chi connectivity index (χ1v) is 3.67. The second-order valence-electron chi connectivity index (χ2n) is 1.95. The first kappa shape index (κ1) is 9.85. The van der Waals surface area contributed by atoms with E-state index in [1.165, 1.54) is 4.90 Å². The van der Waals surface area contributed by atoms with E-state index in [0.717, 1.165) is 4.42 Å². The van der Waals surface area contributed by atoms with Crippen molar-refractivity contribution in [3.63, 3.8) is 0 Å². The van der Waals surface area contributed by atoms with Crippen molar-refractivity contribution in [2.24, 2.45) is 0 Å². The van der Waals surface area contributed by atoms with Gasteiger partial charge in [-0.3, -0.25) is 0 Å². The third kappa shape index (κ3) is 3.13. The van der Waals surface area contributed by atoms with Crippen molar-refractivity contribution in [3.05, 3.63) is 0 Å². The number of nitrogens with zero attached hydrogens (tertiary/aromatic N) is 2. The van der Waals surface area contributed by atoms with Gasteiger partial charge in [0.25, 0.3) is 0 Å². The van der Waals surface area contributed by atoms with Crippen LogP contribution in [0.2, 0.25) is 0 Å². The highest BCUT2D eigenvalue weighted by Crippen LogP contribution is 1.98. The van der Waals surface area contributed by atoms with Gasteiger partial charge in [0.15, 0.2) is 0 Å². The summed E-state index contributed by atoms with van der Waals surface area (Å²) in [5.74, 6) is 0.350. The summed E-state index contributed by atoms with van der Waals surface area (Å²) in [5, 5.41) is 0. The lowest BCUT2D eigenvalue weighted by molar-refractivity contribution is 0.200. The minimum Gasteiger partial charge on any atom is -0.330 e. The molecule has 0 fully saturated rings. The minimum atomic E-state index is -0.248. The maximum atomic E-state index is 10.9. The van der Waals surface area contributed by atoms with Gasteiger partial charge in [0, 0.05) is 31.8 Å². The SMILES string of the molecule is CN(C)C(=O)N(Cl)CCCl. The van der Waals surface area contributed by atoms with Gasteiger partial charge >= 0.3 is 6.03 Å². The zero-order valence-electron chi connectivity index (χ0n) is 5.97. The number of carbonyl (C=O) groups excluding carboxylic acids is 1. The molecule has 60 valence electrons. The number of alkyl halides is 1. The summed E-state index contributed by atoms with van der Waals surface area (Å²) in [6.07, 6.45) is 0. The van der Waals surface area contributed by atoms with Gasteiger partial charge in [-0.25, -0.2) is 9.21 Å². The number of hydrogen-bond donors (Lipinski definition) is 0. The maximum absolute atomic E-state index is 10.9. The van der Waals surface area contributed by atoms with E-state index in [2.05, 4.69) is 0 Å². The molecule has 0 bridgehead atoms. The Balaban J connectivity index is 3.71. The molecule has 0 rings (SSSR count). The van der Waals surface area contributed by atoms with Gasteiger partial charge in [0.05, 0.1) is 6.54 Å². The fourth-order valence-electron chi connectivity index (χ4n) is 0.387. The largest absolute Gasteiger partial charge is 0.334 e. The van der Waals surface area contributed by atoms with E-state index < -0.39 is 0 Å². The molecule has 0 saturated carbocycles. The van der Waals surface area contributed by atoms with Crippen LogP contribution in [0.5, 0.6) is 0 Å². The standard InChI is InChI=1S/C5H10Cl2N2O/c1-8(2)5(10)9(7)4-3-6/h3-4H2,1-2H3. The van der Waals surface area contributed by atoms with Gasteiger partial charge in [0.1, 0.15) is 0 Å². The molecule has 0 atom stereocenters. The van der Waals surface area contributed by atoms with Crippen LogP contribution in [0.3, 0.4) is 0 Å². The Bertz CT molecular complexity index is 118. The molecule has 5 heteroatoms. The van der Waals surface area contributed by atoms with Crippen LogP contribution < -0.4 is 0 Å². The van der Waals surface area contributed by atoms with E-state index in [-0.39, 0.29) is 6.03 Å². The van der Waals surface area contributed by atoms with Crippen molar-refractivity contribution < 1.29 is 4.79 Å². The van der Waals surface area contributed by atoms with E-state index >= 15 is 0 Å². The lowest BCUT2D eigenvalue weighted by Crippen LogP contribution is -2.33. The molecule has 0 radical (unpaired) electrons. The van der Waals surface area contributed by atoms with Crippen LogP contribution in [0, 0.1) is 0 Å². The molecule has 0 aromatic heterocycles. The molecule has 3 nitrogen and oxygen atoms in total. The van der Waals surface area contributed by atoms with Crippen LogP contribution >= 0.6 is 23.4 Å². The van der Waals surface area contributed by atoms with Gasteiger partial charge in [-0.2, -0.15) is 0 Å². The summed E-state index contributed by atoms with van der Waals surface area (Å²) in [4.78, 5) is 12.3. The van der Waals surface area contributed by atoms with E-state index in [1.54, 1.807) is 14.1 Å². The Morgan fingerprint density at radius 1 is 1.50 bits per heavy atom. The predicted molar refractivity (Wildman–Crippen MR) is 42.4 cm³/mol. The molecule has 0 spiro atoms. The van der Waals surface area contributed by atoms with Gasteiger partial charge in [-0.15, -0.1) is 11.6 Å². The summed E-state index contributed by atoms with van der Waals surface area (Å²) in [5.41, 5.74) is 0. The van der Waals surface area contributed by atoms with E-state index in [4.69, 9.17) is 23.4 Å². The summed E-state index contributed by atoms with van der Waals surface area (Å²) in [6, 6.07) is -0.248. The second kappa shape index (κ2) is 4.63. The molecule has 10 heavy (non-hydrogen) atoms. The third-order valence-electron chi connectivity index (χ3n) is 0.871. The molecule has 0 aromatic carbocycles. The Morgan fingerprint density at radius 2 is 2.00 bits per heavy atom. The zero-order valence-corrected chi connectivity index (χ0v) is 7.48. The Labute approximate surface area is 70.6 Å². The number of halogens is 2. The molecule has 0 aliphatic rings. The van der Waals surface area contributed by atoms with E-state index in [0.29, 0.717) is 12.4 Å². The van der Waals surface area contributed by atoms with E-state index in [1.807, 2.05) is 0 Å². The molecule has 0 saturated heterocycles. The molecule has 0 heterocycles. The van der Waals surface area contributed by atoms with Crippen molar-refractivity contribution in [2.45, 2.75) is 0 Å². The number of carbonyl (C=O) groups is 1. The summed E-state index contributed by atoms with van der Waals surface area (Å²) < 4.78 is 1.05. The Hall–Kier alpha value is -0.150. The molecular weight excluding hydrogens is 175 g/mol. The monoisotopic (exact) mass is 184 g/mol. The lowest BCUT2D eigenvalue weighted by atomic mass is 10.7. The normalized spacial score (nSPS) is 9.20. The topological polar surface area (TPSA) is 23.6 Å². The number of amides is 2. The highest BCUT2D eigenvalue weighted by Gasteiger charge is 2.10. The molecule has 0 aliphatic heterocycles. The van der Waals surface area contributed by atoms with Crippen molar-refractivity contribution in [2.75, 3.05) is 26.5 Å². The predicted octanol–water partition coefficient (Wildman–Crippen LogP) is 1.36. The van der Waals surface area contributed by atoms with E-state index in [9.17, 15) is 4.79 Å². The molecule has 2 amide bonds. The van der Waals surface area contributed by atoms with Crippen molar-refractivity contribution in [1.82, 2.24) is 9.32 Å². The summed E-state index contributed by atoms with van der Waals surface area (Å²) in [6.45, 7) is 0.361. The molecule has 0 aliphatic carbocycles. The summed E-state index contributed by atoms with van der Waals surface area (Å²) >= 11 is 10.8. The van der Waals surface area contributed by atoms with Crippen LogP contribution in [-0.2, 0) is 0 Å². The van der Waals surface area contributed by atoms with Gasteiger partial charge in [0.2, 0.25) is 0 Å². The van der Waals surface area contributed by atoms with Crippen molar-refractivity contribution in [1.29, 1.82) is 0 Å². The highest BCUT2D eigenvalue weighted by molar-refractivity contribution is 6.22. The van der Waals surface area contributed by atoms with Crippen LogP contribution in [0.25, 0.3) is 0 Å². The average molecular weight is 185 g/mol. The first-order chi connectivity index (χ1) is 4.59. The first-order valence-electron chi connectivity index (χ1n) is 2.80. The van der Waals surface area contributed by atoms with Crippen LogP contribution in [0.4, 0.5) is 4.79 Å². The maximum Gasteiger partial charge on any atom is 0.334 e. The highest BCUT2D eigenvalue weighted by atomic mass is 35.5. The number of urea groups is 1. The second-order valence-corrected chi connectivity index (χ2v) is 2.74. The minimum absolute atomic E-state index is 0.248. The number of rotatable bonds is 2. The fourth-order valence-corrected chi connectivity index (χ4v) is 0.878. The van der Waals surface area contributed by atoms with Crippen LogP contribution in [0.15, 0.2) is 0 Å². The summed E-state index contributed by atoms with van der Waals surface area (Å²) in [7, 11) is 3.26. The zero-order chi connectivity index (χ0) is 8.15. The Kier molecular flexibility index (Phi) is 4.56. The van der Waals surface area contributed by atoms with Gasteiger partial charge < -0.3 is 4.90 Å². The third-order valence-corrected chi connectivity index (χ3v) is 1.35. The van der Waals surface area contributed by atoms with Crippen LogP contribution in [-0.4, -0.2) is 41.9 Å². The molecule has 0 N–H and O–H groups in total. The van der Waals surface area contributed by atoms with Gasteiger partial charge in [-0.1, -0.05) is 0 Å². The Morgan fingerprint density at radius 3 is 2.30 bits per heavy atom. The smallest absolute Gasteiger partial charge is 0.330 e. The molecule has 0 aromatic rings. The molecule has 0 unspecified atom stereocenters. The quantitative estimate of drug-likeness (QED) is 0.470. The van der Waals surface area contributed by atoms with Crippen molar-refractivity contribution >= 4 is 29.4 Å². The fraction of sp³-hybridized carbons (Fsp3) is 0.800. The van der Waals surface area contributed by atoms with Crippen molar-refractivity contribution in [3.8, 4) is 0 Å². The number of hydrogen-bond acceptors (Lipinski definition) is 1. The molecular formula is C5H10Cl2N2O. The van der Waals surface area contributed by atoms with Gasteiger partial charge in [-0.05, 0) is 0 Å². The lowest BCUT2D eigenvalue weighted by Gasteiger charge is -2.17. The average Bonchev–Trinajstić information content (AvgIpc) is 1.87. The van der Waals surface area contributed by atoms with Crippen LogP contribution in [0.1, 0.15) is 0 Å².